The first-order chi connectivity index (χ1) is 8.20. The molecule has 17 heavy (non-hydrogen) atoms. The van der Waals surface area contributed by atoms with Crippen LogP contribution in [0.15, 0.2) is 24.3 Å². The van der Waals surface area contributed by atoms with Gasteiger partial charge in [-0.2, -0.15) is 0 Å². The second-order valence-electron chi connectivity index (χ2n) is 5.07. The van der Waals surface area contributed by atoms with Crippen LogP contribution in [0.5, 0.6) is 5.75 Å². The number of hydrogen-bond donors (Lipinski definition) is 1. The molecule has 1 nitrogen and oxygen atoms in total. The fraction of sp³-hybridized carbons (Fsp3) is 0.625. The molecule has 0 saturated carbocycles. The van der Waals surface area contributed by atoms with Crippen molar-refractivity contribution in [3.63, 3.8) is 0 Å². The second kappa shape index (κ2) is 7.37. The molecular weight excluding hydrogens is 208 g/mol. The van der Waals surface area contributed by atoms with Gasteiger partial charge in [-0.3, -0.25) is 0 Å². The van der Waals surface area contributed by atoms with Gasteiger partial charge in [-0.25, -0.2) is 0 Å². The van der Waals surface area contributed by atoms with Crippen LogP contribution in [0.3, 0.4) is 0 Å². The van der Waals surface area contributed by atoms with Crippen molar-refractivity contribution in [3.05, 3.63) is 29.8 Å². The van der Waals surface area contributed by atoms with Gasteiger partial charge in [-0.15, -0.1) is 0 Å². The summed E-state index contributed by atoms with van der Waals surface area (Å²) in [6.45, 7) is 6.78. The van der Waals surface area contributed by atoms with Crippen molar-refractivity contribution in [1.82, 2.24) is 0 Å². The lowest BCUT2D eigenvalue weighted by molar-refractivity contribution is 0.377. The molecule has 96 valence electrons. The van der Waals surface area contributed by atoms with E-state index in [-0.39, 0.29) is 0 Å². The van der Waals surface area contributed by atoms with Gasteiger partial charge in [0.05, 0.1) is 0 Å². The predicted octanol–water partition coefficient (Wildman–Crippen LogP) is 5.10. The highest BCUT2D eigenvalue weighted by Gasteiger charge is 2.20. The molecule has 2 unspecified atom stereocenters. The third-order valence-corrected chi connectivity index (χ3v) is 3.64. The molecule has 0 saturated heterocycles. The lowest BCUT2D eigenvalue weighted by atomic mass is 9.81. The molecule has 1 N–H and O–H groups in total. The van der Waals surface area contributed by atoms with Gasteiger partial charge in [-0.05, 0) is 29.9 Å². The fourth-order valence-corrected chi connectivity index (χ4v) is 2.63. The van der Waals surface area contributed by atoms with Crippen LogP contribution in [-0.4, -0.2) is 5.11 Å². The molecule has 0 radical (unpaired) electrons. The van der Waals surface area contributed by atoms with E-state index in [1.807, 2.05) is 18.2 Å². The number of phenolic OH excluding ortho intramolecular Hbond substituents is 1. The summed E-state index contributed by atoms with van der Waals surface area (Å²) in [5, 5.41) is 10.00. The van der Waals surface area contributed by atoms with Gasteiger partial charge < -0.3 is 5.11 Å². The SMILES string of the molecule is CCCCC(c1ccccc1O)C(C)CCC. The molecule has 0 amide bonds. The maximum Gasteiger partial charge on any atom is 0.119 e. The minimum Gasteiger partial charge on any atom is -0.508 e. The molecule has 0 bridgehead atoms. The average molecular weight is 234 g/mol. The Morgan fingerprint density at radius 1 is 1.06 bits per heavy atom. The zero-order valence-electron chi connectivity index (χ0n) is 11.4. The highest BCUT2D eigenvalue weighted by atomic mass is 16.3. The molecular formula is C16H26O. The maximum atomic E-state index is 10.00. The normalized spacial score (nSPS) is 14.5. The first-order valence-corrected chi connectivity index (χ1v) is 6.98. The quantitative estimate of drug-likeness (QED) is 0.695. The minimum absolute atomic E-state index is 0.469. The fourth-order valence-electron chi connectivity index (χ4n) is 2.63. The Morgan fingerprint density at radius 3 is 2.35 bits per heavy atom. The molecule has 0 aromatic heterocycles. The van der Waals surface area contributed by atoms with Crippen molar-refractivity contribution in [2.45, 2.75) is 58.8 Å². The number of rotatable bonds is 7. The number of aromatic hydroxyl groups is 1. The van der Waals surface area contributed by atoms with Crippen molar-refractivity contribution in [2.24, 2.45) is 5.92 Å². The van der Waals surface area contributed by atoms with Crippen LogP contribution in [0, 0.1) is 5.92 Å². The Labute approximate surface area is 106 Å². The monoisotopic (exact) mass is 234 g/mol. The summed E-state index contributed by atoms with van der Waals surface area (Å²) in [5.74, 6) is 1.63. The van der Waals surface area contributed by atoms with Gasteiger partial charge in [0.2, 0.25) is 0 Å². The van der Waals surface area contributed by atoms with Crippen molar-refractivity contribution in [2.75, 3.05) is 0 Å². The molecule has 2 atom stereocenters. The van der Waals surface area contributed by atoms with Gasteiger partial charge in [-0.1, -0.05) is 64.7 Å². The van der Waals surface area contributed by atoms with Crippen LogP contribution in [0.4, 0.5) is 0 Å². The number of unbranched alkanes of at least 4 members (excludes halogenated alkanes) is 1. The molecule has 0 aliphatic carbocycles. The maximum absolute atomic E-state index is 10.00. The summed E-state index contributed by atoms with van der Waals surface area (Å²) in [5.41, 5.74) is 1.14. The van der Waals surface area contributed by atoms with E-state index in [4.69, 9.17) is 0 Å². The molecule has 1 rings (SSSR count). The van der Waals surface area contributed by atoms with E-state index in [1.54, 1.807) is 0 Å². The van der Waals surface area contributed by atoms with E-state index < -0.39 is 0 Å². The molecule has 1 aromatic rings. The number of hydrogen-bond acceptors (Lipinski definition) is 1. The van der Waals surface area contributed by atoms with Crippen molar-refractivity contribution in [1.29, 1.82) is 0 Å². The van der Waals surface area contributed by atoms with Crippen LogP contribution in [0.2, 0.25) is 0 Å². The first kappa shape index (κ1) is 14.1. The number of phenols is 1. The molecule has 1 heteroatoms. The molecule has 0 aliphatic rings. The van der Waals surface area contributed by atoms with Gasteiger partial charge in [0, 0.05) is 0 Å². The largest absolute Gasteiger partial charge is 0.508 e. The summed E-state index contributed by atoms with van der Waals surface area (Å²) in [4.78, 5) is 0. The highest BCUT2D eigenvalue weighted by Crippen LogP contribution is 2.36. The van der Waals surface area contributed by atoms with Crippen molar-refractivity contribution in [3.8, 4) is 5.75 Å². The van der Waals surface area contributed by atoms with Gasteiger partial charge in [0.15, 0.2) is 0 Å². The highest BCUT2D eigenvalue weighted by molar-refractivity contribution is 5.35. The molecule has 0 heterocycles. The molecule has 1 aromatic carbocycles. The van der Waals surface area contributed by atoms with E-state index >= 15 is 0 Å². The lowest BCUT2D eigenvalue weighted by Gasteiger charge is -2.25. The summed E-state index contributed by atoms with van der Waals surface area (Å²) in [6.07, 6.45) is 6.12. The summed E-state index contributed by atoms with van der Waals surface area (Å²) in [6, 6.07) is 7.83. The first-order valence-electron chi connectivity index (χ1n) is 6.98. The van der Waals surface area contributed by atoms with E-state index in [9.17, 15) is 5.11 Å². The van der Waals surface area contributed by atoms with E-state index in [0.717, 1.165) is 5.56 Å². The third kappa shape index (κ3) is 4.07. The lowest BCUT2D eigenvalue weighted by Crippen LogP contribution is -2.10. The van der Waals surface area contributed by atoms with Crippen LogP contribution < -0.4 is 0 Å². The van der Waals surface area contributed by atoms with Crippen LogP contribution in [-0.2, 0) is 0 Å². The topological polar surface area (TPSA) is 20.2 Å². The van der Waals surface area contributed by atoms with Crippen LogP contribution in [0.1, 0.15) is 64.4 Å². The van der Waals surface area contributed by atoms with Gasteiger partial charge >= 0.3 is 0 Å². The number of para-hydroxylation sites is 1. The summed E-state index contributed by atoms with van der Waals surface area (Å²) >= 11 is 0. The van der Waals surface area contributed by atoms with E-state index in [0.29, 0.717) is 17.6 Å². The third-order valence-electron chi connectivity index (χ3n) is 3.64. The zero-order valence-corrected chi connectivity index (χ0v) is 11.4. The molecule has 0 spiro atoms. The van der Waals surface area contributed by atoms with E-state index in [1.165, 1.54) is 32.1 Å². The Morgan fingerprint density at radius 2 is 1.76 bits per heavy atom. The van der Waals surface area contributed by atoms with Crippen molar-refractivity contribution >= 4 is 0 Å². The standard InChI is InChI=1S/C16H26O/c1-4-6-10-14(13(3)9-5-2)15-11-7-8-12-16(15)17/h7-8,11-14,17H,4-6,9-10H2,1-3H3. The molecule has 0 fully saturated rings. The average Bonchev–Trinajstić information content (AvgIpc) is 2.32. The molecule has 0 aliphatic heterocycles. The van der Waals surface area contributed by atoms with Gasteiger partial charge in [0.1, 0.15) is 5.75 Å². The Balaban J connectivity index is 2.85. The smallest absolute Gasteiger partial charge is 0.119 e. The Kier molecular flexibility index (Phi) is 6.10. The van der Waals surface area contributed by atoms with Crippen LogP contribution >= 0.6 is 0 Å². The number of benzene rings is 1. The van der Waals surface area contributed by atoms with Crippen molar-refractivity contribution < 1.29 is 5.11 Å². The van der Waals surface area contributed by atoms with Crippen LogP contribution in [0.25, 0.3) is 0 Å². The van der Waals surface area contributed by atoms with Gasteiger partial charge in [0.25, 0.3) is 0 Å². The Bertz CT molecular complexity index is 319. The zero-order chi connectivity index (χ0) is 12.7. The Hall–Kier alpha value is -0.980. The second-order valence-corrected chi connectivity index (χ2v) is 5.07. The minimum atomic E-state index is 0.469. The summed E-state index contributed by atoms with van der Waals surface area (Å²) < 4.78 is 0. The summed E-state index contributed by atoms with van der Waals surface area (Å²) in [7, 11) is 0. The predicted molar refractivity (Wildman–Crippen MR) is 74.4 cm³/mol. The van der Waals surface area contributed by atoms with E-state index in [2.05, 4.69) is 26.8 Å².